The van der Waals surface area contributed by atoms with Gasteiger partial charge in [0.25, 0.3) is 0 Å². The largest absolute Gasteiger partial charge is 0.465 e. The van der Waals surface area contributed by atoms with Crippen molar-refractivity contribution in [2.24, 2.45) is 0 Å². The van der Waals surface area contributed by atoms with E-state index in [2.05, 4.69) is 22.8 Å². The van der Waals surface area contributed by atoms with Crippen LogP contribution in [0, 0.1) is 0 Å². The fraction of sp³-hybridized carbons (Fsp3) is 0.533. The number of hydrogen-bond acceptors (Lipinski definition) is 6. The topological polar surface area (TPSA) is 125 Å². The van der Waals surface area contributed by atoms with E-state index in [-0.39, 0.29) is 12.0 Å². The molecule has 0 aliphatic carbocycles. The van der Waals surface area contributed by atoms with Crippen LogP contribution >= 0.6 is 0 Å². The molecular formula is C15H24N2O6S. The molecule has 1 fully saturated rings. The fourth-order valence-corrected chi connectivity index (χ4v) is 2.33. The minimum Gasteiger partial charge on any atom is -0.465 e. The highest BCUT2D eigenvalue weighted by atomic mass is 32.3. The van der Waals surface area contributed by atoms with E-state index < -0.39 is 10.4 Å². The molecule has 1 aromatic carbocycles. The first-order chi connectivity index (χ1) is 11.3. The molecule has 0 spiro atoms. The molecule has 9 heteroatoms. The molecule has 2 rings (SSSR count). The van der Waals surface area contributed by atoms with E-state index in [4.69, 9.17) is 22.3 Å². The highest BCUT2D eigenvalue weighted by molar-refractivity contribution is 7.79. The molecule has 1 heterocycles. The summed E-state index contributed by atoms with van der Waals surface area (Å²) >= 11 is 0. The Morgan fingerprint density at radius 3 is 2.42 bits per heavy atom. The molecule has 1 aliphatic heterocycles. The zero-order valence-corrected chi connectivity index (χ0v) is 14.3. The molecule has 136 valence electrons. The van der Waals surface area contributed by atoms with E-state index in [1.165, 1.54) is 5.56 Å². The van der Waals surface area contributed by atoms with Gasteiger partial charge in [0, 0.05) is 19.1 Å². The number of piperidine rings is 1. The number of carbonyl (C=O) groups is 1. The molecule has 0 amide bonds. The van der Waals surface area contributed by atoms with Crippen molar-refractivity contribution in [3.63, 3.8) is 0 Å². The second-order valence-electron chi connectivity index (χ2n) is 5.30. The molecule has 1 aromatic rings. The highest BCUT2D eigenvalue weighted by Crippen LogP contribution is 2.10. The van der Waals surface area contributed by atoms with Crippen molar-refractivity contribution < 1.29 is 27.1 Å². The first-order valence-electron chi connectivity index (χ1n) is 7.66. The van der Waals surface area contributed by atoms with Crippen LogP contribution < -0.4 is 10.6 Å². The summed E-state index contributed by atoms with van der Waals surface area (Å²) in [7, 11) is -4.67. The summed E-state index contributed by atoms with van der Waals surface area (Å²) in [5.41, 5.74) is 1.29. The van der Waals surface area contributed by atoms with Gasteiger partial charge >= 0.3 is 16.4 Å². The van der Waals surface area contributed by atoms with Crippen LogP contribution in [0.5, 0.6) is 0 Å². The van der Waals surface area contributed by atoms with E-state index in [0.29, 0.717) is 12.6 Å². The summed E-state index contributed by atoms with van der Waals surface area (Å²) in [6.07, 6.45) is 1.84. The molecule has 24 heavy (non-hydrogen) atoms. The van der Waals surface area contributed by atoms with Crippen molar-refractivity contribution >= 4 is 16.4 Å². The number of rotatable bonds is 5. The smallest absolute Gasteiger partial charge is 0.394 e. The number of ether oxygens (including phenoxy) is 1. The average molecular weight is 360 g/mol. The SMILES string of the molecule is CCOC(=O)[C@@H]1CCC(NCc2ccccc2)CN1.O=S(=O)(O)O. The van der Waals surface area contributed by atoms with Gasteiger partial charge in [-0.1, -0.05) is 30.3 Å². The van der Waals surface area contributed by atoms with Gasteiger partial charge in [-0.3, -0.25) is 13.9 Å². The number of benzene rings is 1. The first-order valence-corrected chi connectivity index (χ1v) is 9.06. The molecule has 8 nitrogen and oxygen atoms in total. The highest BCUT2D eigenvalue weighted by Gasteiger charge is 2.26. The van der Waals surface area contributed by atoms with Crippen LogP contribution in [0.15, 0.2) is 30.3 Å². The van der Waals surface area contributed by atoms with Gasteiger partial charge in [-0.25, -0.2) is 0 Å². The lowest BCUT2D eigenvalue weighted by Gasteiger charge is -2.29. The van der Waals surface area contributed by atoms with Crippen molar-refractivity contribution in [1.82, 2.24) is 10.6 Å². The van der Waals surface area contributed by atoms with E-state index in [1.807, 2.05) is 25.1 Å². The van der Waals surface area contributed by atoms with E-state index in [1.54, 1.807) is 0 Å². The predicted molar refractivity (Wildman–Crippen MR) is 88.9 cm³/mol. The summed E-state index contributed by atoms with van der Waals surface area (Å²) in [4.78, 5) is 11.6. The monoisotopic (exact) mass is 360 g/mol. The molecule has 0 saturated carbocycles. The minimum absolute atomic E-state index is 0.121. The molecule has 1 saturated heterocycles. The van der Waals surface area contributed by atoms with Crippen molar-refractivity contribution in [2.45, 2.75) is 38.4 Å². The zero-order valence-electron chi connectivity index (χ0n) is 13.5. The van der Waals surface area contributed by atoms with Crippen molar-refractivity contribution in [3.8, 4) is 0 Å². The van der Waals surface area contributed by atoms with Crippen molar-refractivity contribution in [1.29, 1.82) is 0 Å². The third kappa shape index (κ3) is 9.58. The van der Waals surface area contributed by atoms with Crippen LogP contribution in [0.25, 0.3) is 0 Å². The molecule has 2 atom stereocenters. The number of esters is 1. The number of nitrogens with one attached hydrogen (secondary N) is 2. The average Bonchev–Trinajstić information content (AvgIpc) is 2.53. The maximum Gasteiger partial charge on any atom is 0.394 e. The Morgan fingerprint density at radius 1 is 1.29 bits per heavy atom. The summed E-state index contributed by atoms with van der Waals surface area (Å²) in [5.74, 6) is -0.121. The van der Waals surface area contributed by atoms with Crippen LogP contribution in [0.3, 0.4) is 0 Å². The molecule has 1 aliphatic rings. The van der Waals surface area contributed by atoms with Gasteiger partial charge in [0.15, 0.2) is 0 Å². The van der Waals surface area contributed by atoms with Gasteiger partial charge in [0.2, 0.25) is 0 Å². The first kappa shape index (κ1) is 20.5. The fourth-order valence-electron chi connectivity index (χ4n) is 2.33. The van der Waals surface area contributed by atoms with Gasteiger partial charge in [-0.05, 0) is 25.3 Å². The normalized spacial score (nSPS) is 20.6. The molecule has 0 radical (unpaired) electrons. The Morgan fingerprint density at radius 2 is 1.92 bits per heavy atom. The van der Waals surface area contributed by atoms with Crippen molar-refractivity contribution in [3.05, 3.63) is 35.9 Å². The lowest BCUT2D eigenvalue weighted by molar-refractivity contribution is -0.146. The molecular weight excluding hydrogens is 336 g/mol. The predicted octanol–water partition coefficient (Wildman–Crippen LogP) is 0.807. The molecule has 0 aromatic heterocycles. The van der Waals surface area contributed by atoms with Crippen LogP contribution in [-0.2, 0) is 26.5 Å². The van der Waals surface area contributed by atoms with Gasteiger partial charge in [-0.2, -0.15) is 8.42 Å². The summed E-state index contributed by atoms with van der Waals surface area (Å²) < 4.78 is 36.6. The van der Waals surface area contributed by atoms with Crippen LogP contribution in [0.4, 0.5) is 0 Å². The third-order valence-electron chi connectivity index (χ3n) is 3.42. The van der Waals surface area contributed by atoms with Gasteiger partial charge in [-0.15, -0.1) is 0 Å². The summed E-state index contributed by atoms with van der Waals surface area (Å²) in [5, 5.41) is 6.77. The molecule has 1 unspecified atom stereocenters. The number of hydrogen-bond donors (Lipinski definition) is 4. The van der Waals surface area contributed by atoms with Crippen LogP contribution in [-0.4, -0.2) is 48.7 Å². The quantitative estimate of drug-likeness (QED) is 0.449. The third-order valence-corrected chi connectivity index (χ3v) is 3.42. The Kier molecular flexibility index (Phi) is 8.87. The maximum atomic E-state index is 11.6. The lowest BCUT2D eigenvalue weighted by Crippen LogP contribution is -2.51. The Hall–Kier alpha value is -1.52. The second-order valence-corrected chi connectivity index (χ2v) is 6.20. The Balaban J connectivity index is 0.000000505. The lowest BCUT2D eigenvalue weighted by atomic mass is 10.0. The van der Waals surface area contributed by atoms with Gasteiger partial charge in [0.1, 0.15) is 6.04 Å². The van der Waals surface area contributed by atoms with Gasteiger partial charge < -0.3 is 15.4 Å². The molecule has 0 bridgehead atoms. The Labute approximate surface area is 142 Å². The van der Waals surface area contributed by atoms with Crippen molar-refractivity contribution in [2.75, 3.05) is 13.2 Å². The molecule has 4 N–H and O–H groups in total. The zero-order chi connectivity index (χ0) is 18.0. The van der Waals surface area contributed by atoms with Crippen LogP contribution in [0.1, 0.15) is 25.3 Å². The van der Waals surface area contributed by atoms with Crippen LogP contribution in [0.2, 0.25) is 0 Å². The van der Waals surface area contributed by atoms with E-state index >= 15 is 0 Å². The Bertz CT molecular complexity index is 577. The van der Waals surface area contributed by atoms with E-state index in [0.717, 1.165) is 25.9 Å². The maximum absolute atomic E-state index is 11.6. The summed E-state index contributed by atoms with van der Waals surface area (Å²) in [6, 6.07) is 10.6. The number of carbonyl (C=O) groups excluding carboxylic acids is 1. The minimum atomic E-state index is -4.67. The standard InChI is InChI=1S/C15H22N2O2.H2O4S/c1-2-19-15(18)14-9-8-13(11-17-14)16-10-12-6-4-3-5-7-12;1-5(2,3)4/h3-7,13-14,16-17H,2,8-11H2,1H3;(H2,1,2,3,4)/t13?,14-;/m0./s1. The summed E-state index contributed by atoms with van der Waals surface area (Å²) in [6.45, 7) is 3.98. The van der Waals surface area contributed by atoms with E-state index in [9.17, 15) is 4.79 Å². The second kappa shape index (κ2) is 10.4. The van der Waals surface area contributed by atoms with Gasteiger partial charge in [0.05, 0.1) is 6.61 Å².